The van der Waals surface area contributed by atoms with Gasteiger partial charge in [-0.1, -0.05) is 17.4 Å². The molecule has 4 rings (SSSR count). The van der Waals surface area contributed by atoms with Crippen LogP contribution in [0.3, 0.4) is 0 Å². The van der Waals surface area contributed by atoms with Crippen molar-refractivity contribution < 1.29 is 18.1 Å². The predicted octanol–water partition coefficient (Wildman–Crippen LogP) is 2.88. The van der Waals surface area contributed by atoms with E-state index in [-0.39, 0.29) is 16.5 Å². The minimum Gasteiger partial charge on any atom is -0.345 e. The molecule has 0 N–H and O–H groups in total. The fraction of sp³-hybridized carbons (Fsp3) is 0.300. The highest BCUT2D eigenvalue weighted by atomic mass is 32.2. The Kier molecular flexibility index (Phi) is 5.40. The van der Waals surface area contributed by atoms with Gasteiger partial charge in [0.15, 0.2) is 15.0 Å². The molecule has 0 spiro atoms. The van der Waals surface area contributed by atoms with Crippen molar-refractivity contribution in [1.29, 1.82) is 0 Å². The molecule has 2 aromatic carbocycles. The lowest BCUT2D eigenvalue weighted by Crippen LogP contribution is -2.48. The Bertz CT molecular complexity index is 1290. The van der Waals surface area contributed by atoms with Crippen LogP contribution in [0.5, 0.6) is 0 Å². The molecule has 1 aliphatic heterocycles. The summed E-state index contributed by atoms with van der Waals surface area (Å²) in [4.78, 5) is 32.2. The highest BCUT2D eigenvalue weighted by molar-refractivity contribution is 7.90. The first-order valence-corrected chi connectivity index (χ1v) is 12.2. The zero-order valence-electron chi connectivity index (χ0n) is 16.9. The average molecular weight is 461 g/mol. The third kappa shape index (κ3) is 4.10. The number of hydrogen-bond donors (Lipinski definition) is 0. The van der Waals surface area contributed by atoms with E-state index in [4.69, 9.17) is 0 Å². The summed E-state index contributed by atoms with van der Waals surface area (Å²) in [6, 6.07) is 9.43. The lowest BCUT2D eigenvalue weighted by atomic mass is 10.1. The van der Waals surface area contributed by atoms with Crippen molar-refractivity contribution in [3.05, 3.63) is 57.6 Å². The topological polar surface area (TPSA) is 114 Å². The number of thiazole rings is 1. The van der Waals surface area contributed by atoms with E-state index in [1.807, 2.05) is 0 Å². The summed E-state index contributed by atoms with van der Waals surface area (Å²) in [6.45, 7) is 3.65. The molecule has 0 saturated carbocycles. The van der Waals surface area contributed by atoms with Gasteiger partial charge in [-0.2, -0.15) is 0 Å². The summed E-state index contributed by atoms with van der Waals surface area (Å²) in [5, 5.41) is 11.9. The van der Waals surface area contributed by atoms with Crippen LogP contribution in [-0.4, -0.2) is 61.6 Å². The maximum atomic E-state index is 12.9. The van der Waals surface area contributed by atoms with Crippen molar-refractivity contribution in [3.8, 4) is 0 Å². The summed E-state index contributed by atoms with van der Waals surface area (Å²) in [6.07, 6.45) is 1.18. The Morgan fingerprint density at radius 1 is 1.16 bits per heavy atom. The number of aromatic nitrogens is 1. The van der Waals surface area contributed by atoms with Crippen molar-refractivity contribution in [2.45, 2.75) is 11.8 Å². The molecule has 1 aliphatic rings. The standard InChI is InChI=1S/C20H20N4O5S2/c1-13-15(4-3-5-17(13)24(26)27)19(25)22-8-10-23(11-9-22)20-21-16-7-6-14(31(2,28)29)12-18(16)30-20/h3-7,12H,8-11H2,1-2H3. The molecule has 0 atom stereocenters. The molecule has 0 unspecified atom stereocenters. The van der Waals surface area contributed by atoms with E-state index in [0.29, 0.717) is 37.3 Å². The molecular weight excluding hydrogens is 440 g/mol. The Labute approximate surface area is 183 Å². The lowest BCUT2D eigenvalue weighted by Gasteiger charge is -2.34. The number of fused-ring (bicyclic) bond motifs is 1. The fourth-order valence-corrected chi connectivity index (χ4v) is 5.36. The summed E-state index contributed by atoms with van der Waals surface area (Å²) < 4.78 is 24.4. The lowest BCUT2D eigenvalue weighted by molar-refractivity contribution is -0.385. The number of amides is 1. The van der Waals surface area contributed by atoms with Gasteiger partial charge in [-0.05, 0) is 31.2 Å². The van der Waals surface area contributed by atoms with Crippen LogP contribution in [0.2, 0.25) is 0 Å². The van der Waals surface area contributed by atoms with Gasteiger partial charge in [0.2, 0.25) is 0 Å². The molecule has 2 heterocycles. The summed E-state index contributed by atoms with van der Waals surface area (Å²) in [5.41, 5.74) is 1.38. The third-order valence-corrected chi connectivity index (χ3v) is 7.54. The van der Waals surface area contributed by atoms with Gasteiger partial charge in [0.05, 0.1) is 20.0 Å². The van der Waals surface area contributed by atoms with Gasteiger partial charge < -0.3 is 9.80 Å². The predicted molar refractivity (Wildman–Crippen MR) is 119 cm³/mol. The van der Waals surface area contributed by atoms with Crippen LogP contribution in [0.25, 0.3) is 10.2 Å². The quantitative estimate of drug-likeness (QED) is 0.434. The molecule has 162 valence electrons. The monoisotopic (exact) mass is 460 g/mol. The molecule has 11 heteroatoms. The smallest absolute Gasteiger partial charge is 0.273 e. The maximum absolute atomic E-state index is 12.9. The number of rotatable bonds is 4. The van der Waals surface area contributed by atoms with E-state index in [0.717, 1.165) is 15.3 Å². The number of piperazine rings is 1. The number of hydrogen-bond acceptors (Lipinski definition) is 8. The Morgan fingerprint density at radius 3 is 2.52 bits per heavy atom. The van der Waals surface area contributed by atoms with Gasteiger partial charge in [0.25, 0.3) is 11.6 Å². The number of nitro groups is 1. The van der Waals surface area contributed by atoms with Crippen LogP contribution >= 0.6 is 11.3 Å². The largest absolute Gasteiger partial charge is 0.345 e. The first-order chi connectivity index (χ1) is 14.6. The molecule has 0 aliphatic carbocycles. The molecule has 0 bridgehead atoms. The molecule has 1 aromatic heterocycles. The second kappa shape index (κ2) is 7.89. The van der Waals surface area contributed by atoms with E-state index in [1.54, 1.807) is 36.1 Å². The van der Waals surface area contributed by atoms with Crippen LogP contribution in [0.4, 0.5) is 10.8 Å². The van der Waals surface area contributed by atoms with Gasteiger partial charge in [-0.3, -0.25) is 14.9 Å². The summed E-state index contributed by atoms with van der Waals surface area (Å²) >= 11 is 1.42. The third-order valence-electron chi connectivity index (χ3n) is 5.35. The van der Waals surface area contributed by atoms with Crippen LogP contribution in [0.15, 0.2) is 41.3 Å². The highest BCUT2D eigenvalue weighted by Crippen LogP contribution is 2.31. The van der Waals surface area contributed by atoms with Gasteiger partial charge in [-0.15, -0.1) is 0 Å². The Morgan fingerprint density at radius 2 is 1.87 bits per heavy atom. The minimum absolute atomic E-state index is 0.0626. The first-order valence-electron chi connectivity index (χ1n) is 9.54. The second-order valence-electron chi connectivity index (χ2n) is 7.38. The molecule has 3 aromatic rings. The van der Waals surface area contributed by atoms with E-state index in [1.165, 1.54) is 29.7 Å². The van der Waals surface area contributed by atoms with Crippen molar-refractivity contribution >= 4 is 48.1 Å². The number of sulfone groups is 1. The molecule has 1 amide bonds. The molecular formula is C20H20N4O5S2. The van der Waals surface area contributed by atoms with Crippen molar-refractivity contribution in [1.82, 2.24) is 9.88 Å². The Hall–Kier alpha value is -3.05. The Balaban J connectivity index is 1.49. The highest BCUT2D eigenvalue weighted by Gasteiger charge is 2.27. The number of anilines is 1. The number of nitro benzene ring substituents is 1. The van der Waals surface area contributed by atoms with Crippen molar-refractivity contribution in [2.24, 2.45) is 0 Å². The van der Waals surface area contributed by atoms with Crippen LogP contribution in [0.1, 0.15) is 15.9 Å². The SMILES string of the molecule is Cc1c(C(=O)N2CCN(c3nc4ccc(S(C)(=O)=O)cc4s3)CC2)cccc1[N+](=O)[O-]. The fourth-order valence-electron chi connectivity index (χ4n) is 3.58. The number of benzene rings is 2. The minimum atomic E-state index is -3.29. The van der Waals surface area contributed by atoms with E-state index in [9.17, 15) is 23.3 Å². The summed E-state index contributed by atoms with van der Waals surface area (Å²) in [5.74, 6) is -0.219. The van der Waals surface area contributed by atoms with Gasteiger partial charge in [-0.25, -0.2) is 13.4 Å². The number of carbonyl (C=O) groups excluding carboxylic acids is 1. The zero-order chi connectivity index (χ0) is 22.3. The van der Waals surface area contributed by atoms with Gasteiger partial charge in [0.1, 0.15) is 0 Å². The number of carbonyl (C=O) groups is 1. The van der Waals surface area contributed by atoms with E-state index >= 15 is 0 Å². The number of nitrogens with zero attached hydrogens (tertiary/aromatic N) is 4. The maximum Gasteiger partial charge on any atom is 0.273 e. The van der Waals surface area contributed by atoms with Crippen molar-refractivity contribution in [3.63, 3.8) is 0 Å². The van der Waals surface area contributed by atoms with Crippen LogP contribution in [0, 0.1) is 17.0 Å². The average Bonchev–Trinajstić information content (AvgIpc) is 3.16. The molecule has 31 heavy (non-hydrogen) atoms. The summed E-state index contributed by atoms with van der Waals surface area (Å²) in [7, 11) is -3.29. The van der Waals surface area contributed by atoms with Gasteiger partial charge >= 0.3 is 0 Å². The van der Waals surface area contributed by atoms with Gasteiger partial charge in [0, 0.05) is 49.6 Å². The second-order valence-corrected chi connectivity index (χ2v) is 10.4. The molecule has 9 nitrogen and oxygen atoms in total. The van der Waals surface area contributed by atoms with E-state index < -0.39 is 14.8 Å². The molecule has 1 saturated heterocycles. The van der Waals surface area contributed by atoms with Crippen LogP contribution in [-0.2, 0) is 9.84 Å². The van der Waals surface area contributed by atoms with E-state index in [2.05, 4.69) is 9.88 Å². The van der Waals surface area contributed by atoms with Crippen molar-refractivity contribution in [2.75, 3.05) is 37.3 Å². The van der Waals surface area contributed by atoms with Crippen LogP contribution < -0.4 is 4.90 Å². The normalized spacial score (nSPS) is 14.8. The molecule has 1 fully saturated rings. The molecule has 0 radical (unpaired) electrons. The zero-order valence-corrected chi connectivity index (χ0v) is 18.6. The first kappa shape index (κ1) is 21.2.